The zero-order chi connectivity index (χ0) is 12.1. The van der Waals surface area contributed by atoms with Crippen LogP contribution in [0.3, 0.4) is 0 Å². The maximum atomic E-state index is 11.7. The Morgan fingerprint density at radius 2 is 2.19 bits per heavy atom. The van der Waals surface area contributed by atoms with Crippen LogP contribution in [-0.4, -0.2) is 12.6 Å². The topological polar surface area (TPSA) is 52.3 Å². The van der Waals surface area contributed by atoms with Crippen molar-refractivity contribution in [1.82, 2.24) is 0 Å². The first-order chi connectivity index (χ1) is 7.60. The Balaban J connectivity index is 3.03. The molecule has 0 aliphatic heterocycles. The van der Waals surface area contributed by atoms with Gasteiger partial charge in [-0.1, -0.05) is 22.9 Å². The van der Waals surface area contributed by atoms with Gasteiger partial charge in [0.25, 0.3) is 0 Å². The maximum absolute atomic E-state index is 11.7. The Bertz CT molecular complexity index is 379. The van der Waals surface area contributed by atoms with Crippen LogP contribution >= 0.6 is 15.9 Å². The highest BCUT2D eigenvalue weighted by molar-refractivity contribution is 9.10. The minimum atomic E-state index is -0.280. The Morgan fingerprint density at radius 3 is 2.75 bits per heavy atom. The third-order valence-corrected chi connectivity index (χ3v) is 2.90. The van der Waals surface area contributed by atoms with Crippen molar-refractivity contribution in [3.63, 3.8) is 0 Å². The van der Waals surface area contributed by atoms with Crippen LogP contribution in [0.15, 0.2) is 22.7 Å². The number of nitrogens with two attached hydrogens (primary N) is 1. The molecule has 1 aromatic carbocycles. The molecule has 1 unspecified atom stereocenters. The number of esters is 1. The van der Waals surface area contributed by atoms with E-state index in [9.17, 15) is 4.79 Å². The molecule has 16 heavy (non-hydrogen) atoms. The van der Waals surface area contributed by atoms with Gasteiger partial charge in [-0.2, -0.15) is 0 Å². The van der Waals surface area contributed by atoms with Crippen LogP contribution in [0.5, 0.6) is 0 Å². The molecule has 0 spiro atoms. The molecule has 0 aliphatic carbocycles. The lowest BCUT2D eigenvalue weighted by Gasteiger charge is -2.16. The number of halogens is 1. The molecule has 3 nitrogen and oxygen atoms in total. The van der Waals surface area contributed by atoms with Gasteiger partial charge >= 0.3 is 5.97 Å². The first-order valence-corrected chi connectivity index (χ1v) is 6.11. The fourth-order valence-corrected chi connectivity index (χ4v) is 1.98. The minimum Gasteiger partial charge on any atom is -0.466 e. The average Bonchev–Trinajstić information content (AvgIpc) is 2.24. The number of ether oxygens (including phenoxy) is 1. The summed E-state index contributed by atoms with van der Waals surface area (Å²) in [5.74, 6) is -0.493. The lowest BCUT2D eigenvalue weighted by molar-refractivity contribution is -0.145. The number of benzene rings is 1. The van der Waals surface area contributed by atoms with E-state index in [1.54, 1.807) is 13.0 Å². The highest BCUT2D eigenvalue weighted by atomic mass is 79.9. The van der Waals surface area contributed by atoms with Crippen LogP contribution in [0.2, 0.25) is 0 Å². The van der Waals surface area contributed by atoms with Gasteiger partial charge in [0.05, 0.1) is 12.5 Å². The standard InChI is InChI=1S/C12H16BrNO2/c1-3-9(12(15)16-4-2)10-7-8(13)5-6-11(10)14/h5-7,9H,3-4,14H2,1-2H3. The van der Waals surface area contributed by atoms with E-state index in [2.05, 4.69) is 15.9 Å². The molecule has 0 bridgehead atoms. The van der Waals surface area contributed by atoms with Crippen LogP contribution in [0.1, 0.15) is 31.7 Å². The third-order valence-electron chi connectivity index (χ3n) is 2.40. The minimum absolute atomic E-state index is 0.213. The van der Waals surface area contributed by atoms with Crippen LogP contribution in [0.25, 0.3) is 0 Å². The molecule has 0 amide bonds. The molecular formula is C12H16BrNO2. The molecule has 0 saturated carbocycles. The number of hydrogen-bond donors (Lipinski definition) is 1. The van der Waals surface area contributed by atoms with Crippen molar-refractivity contribution < 1.29 is 9.53 Å². The molecule has 0 heterocycles. The molecular weight excluding hydrogens is 270 g/mol. The van der Waals surface area contributed by atoms with Crippen molar-refractivity contribution in [3.8, 4) is 0 Å². The van der Waals surface area contributed by atoms with Gasteiger partial charge in [0.1, 0.15) is 0 Å². The summed E-state index contributed by atoms with van der Waals surface area (Å²) in [6.07, 6.45) is 0.680. The summed E-state index contributed by atoms with van der Waals surface area (Å²) in [5.41, 5.74) is 7.33. The third kappa shape index (κ3) is 2.98. The number of nitrogen functional groups attached to an aromatic ring is 1. The van der Waals surface area contributed by atoms with Crippen molar-refractivity contribution in [2.24, 2.45) is 0 Å². The first-order valence-electron chi connectivity index (χ1n) is 5.31. The van der Waals surface area contributed by atoms with E-state index >= 15 is 0 Å². The monoisotopic (exact) mass is 285 g/mol. The Labute approximate surface area is 104 Å². The average molecular weight is 286 g/mol. The summed E-state index contributed by atoms with van der Waals surface area (Å²) in [6, 6.07) is 5.53. The van der Waals surface area contributed by atoms with Crippen molar-refractivity contribution in [2.45, 2.75) is 26.2 Å². The summed E-state index contributed by atoms with van der Waals surface area (Å²) in [6.45, 7) is 4.14. The number of carbonyl (C=O) groups excluding carboxylic acids is 1. The molecule has 1 aromatic rings. The normalized spacial score (nSPS) is 12.2. The maximum Gasteiger partial charge on any atom is 0.313 e. The van der Waals surface area contributed by atoms with Crippen LogP contribution in [0, 0.1) is 0 Å². The lowest BCUT2D eigenvalue weighted by Crippen LogP contribution is -2.16. The highest BCUT2D eigenvalue weighted by Crippen LogP contribution is 2.29. The SMILES string of the molecule is CCOC(=O)C(CC)c1cc(Br)ccc1N. The summed E-state index contributed by atoms with van der Waals surface area (Å²) >= 11 is 3.37. The molecule has 4 heteroatoms. The van der Waals surface area contributed by atoms with Gasteiger partial charge < -0.3 is 10.5 Å². The first kappa shape index (κ1) is 13.0. The molecule has 2 N–H and O–H groups in total. The van der Waals surface area contributed by atoms with Gasteiger partial charge in [-0.3, -0.25) is 4.79 Å². The second-order valence-corrected chi connectivity index (χ2v) is 4.40. The largest absolute Gasteiger partial charge is 0.466 e. The quantitative estimate of drug-likeness (QED) is 0.683. The van der Waals surface area contributed by atoms with Crippen molar-refractivity contribution in [2.75, 3.05) is 12.3 Å². The van der Waals surface area contributed by atoms with Crippen molar-refractivity contribution in [3.05, 3.63) is 28.2 Å². The Kier molecular flexibility index (Phi) is 4.80. The fraction of sp³-hybridized carbons (Fsp3) is 0.417. The van der Waals surface area contributed by atoms with Crippen LogP contribution < -0.4 is 5.73 Å². The predicted molar refractivity (Wildman–Crippen MR) is 68.2 cm³/mol. The van der Waals surface area contributed by atoms with Gasteiger partial charge in [0.15, 0.2) is 0 Å². The van der Waals surface area contributed by atoms with Crippen LogP contribution in [-0.2, 0) is 9.53 Å². The molecule has 0 aromatic heterocycles. The molecule has 88 valence electrons. The zero-order valence-electron chi connectivity index (χ0n) is 9.50. The zero-order valence-corrected chi connectivity index (χ0v) is 11.1. The van der Waals surface area contributed by atoms with E-state index in [4.69, 9.17) is 10.5 Å². The molecule has 1 atom stereocenters. The molecule has 0 saturated heterocycles. The smallest absolute Gasteiger partial charge is 0.313 e. The summed E-state index contributed by atoms with van der Waals surface area (Å²) in [5, 5.41) is 0. The summed E-state index contributed by atoms with van der Waals surface area (Å²) in [4.78, 5) is 11.7. The van der Waals surface area contributed by atoms with Crippen molar-refractivity contribution >= 4 is 27.6 Å². The molecule has 0 radical (unpaired) electrons. The molecule has 0 aliphatic rings. The van der Waals surface area contributed by atoms with E-state index in [1.165, 1.54) is 0 Å². The van der Waals surface area contributed by atoms with E-state index < -0.39 is 0 Å². The van der Waals surface area contributed by atoms with Gasteiger partial charge in [0, 0.05) is 10.2 Å². The van der Waals surface area contributed by atoms with Gasteiger partial charge in [-0.15, -0.1) is 0 Å². The van der Waals surface area contributed by atoms with E-state index in [1.807, 2.05) is 19.1 Å². The molecule has 1 rings (SSSR count). The summed E-state index contributed by atoms with van der Waals surface area (Å²) in [7, 11) is 0. The van der Waals surface area contributed by atoms with E-state index in [0.29, 0.717) is 18.7 Å². The lowest BCUT2D eigenvalue weighted by atomic mass is 9.95. The Morgan fingerprint density at radius 1 is 1.50 bits per heavy atom. The number of carbonyl (C=O) groups is 1. The predicted octanol–water partition coefficient (Wildman–Crippen LogP) is 3.09. The van der Waals surface area contributed by atoms with E-state index in [-0.39, 0.29) is 11.9 Å². The summed E-state index contributed by atoms with van der Waals surface area (Å²) < 4.78 is 5.95. The van der Waals surface area contributed by atoms with Gasteiger partial charge in [0.2, 0.25) is 0 Å². The highest BCUT2D eigenvalue weighted by Gasteiger charge is 2.22. The van der Waals surface area contributed by atoms with Gasteiger partial charge in [-0.05, 0) is 37.1 Å². The van der Waals surface area contributed by atoms with E-state index in [0.717, 1.165) is 10.0 Å². The van der Waals surface area contributed by atoms with Crippen molar-refractivity contribution in [1.29, 1.82) is 0 Å². The second-order valence-electron chi connectivity index (χ2n) is 3.49. The Hall–Kier alpha value is -1.03. The molecule has 0 fully saturated rings. The number of anilines is 1. The fourth-order valence-electron chi connectivity index (χ4n) is 1.60. The number of hydrogen-bond acceptors (Lipinski definition) is 3. The van der Waals surface area contributed by atoms with Crippen LogP contribution in [0.4, 0.5) is 5.69 Å². The second kappa shape index (κ2) is 5.89. The number of rotatable bonds is 4. The van der Waals surface area contributed by atoms with Gasteiger partial charge in [-0.25, -0.2) is 0 Å².